The number of fused-ring (bicyclic) bond motifs is 2. The van der Waals surface area contributed by atoms with E-state index in [2.05, 4.69) is 29.0 Å². The lowest BCUT2D eigenvalue weighted by atomic mass is 9.72. The number of carbonyl (C=O) groups is 2. The van der Waals surface area contributed by atoms with Crippen molar-refractivity contribution in [2.45, 2.75) is 27.2 Å². The Bertz CT molecular complexity index is 932. The molecule has 6 heteroatoms. The van der Waals surface area contributed by atoms with E-state index < -0.39 is 0 Å². The van der Waals surface area contributed by atoms with Gasteiger partial charge in [0, 0.05) is 13.1 Å². The van der Waals surface area contributed by atoms with Crippen LogP contribution in [-0.2, 0) is 20.7 Å². The van der Waals surface area contributed by atoms with E-state index in [0.717, 1.165) is 22.4 Å². The average Bonchev–Trinajstić information content (AvgIpc) is 3.23. The quantitative estimate of drug-likeness (QED) is 0.653. The van der Waals surface area contributed by atoms with Gasteiger partial charge in [-0.05, 0) is 49.3 Å². The largest absolute Gasteiger partial charge is 0.466 e. The number of carbonyl (C=O) groups excluding carboxylic acids is 2. The molecule has 2 aliphatic rings. The Kier molecular flexibility index (Phi) is 4.96. The SMILES string of the molecule is CCOC(=O)[C@@H]1[C@H]2CN(C(=O)Cc3ccc4nc(C)[nH]c4c3)C[C@@H]2C=C[C@@H]1C. The standard InChI is InChI=1S/C22H27N3O3/c1-4-28-22(27)21-13(2)5-7-16-11-25(12-17(16)21)20(26)10-15-6-8-18-19(9-15)24-14(3)23-18/h5-9,13,16-17,21H,4,10-12H2,1-3H3,(H,23,24)/t13-,16-,17-,21-/m0/s1. The highest BCUT2D eigenvalue weighted by atomic mass is 16.5. The topological polar surface area (TPSA) is 75.3 Å². The third kappa shape index (κ3) is 3.43. The summed E-state index contributed by atoms with van der Waals surface area (Å²) in [5.74, 6) is 1.18. The lowest BCUT2D eigenvalue weighted by molar-refractivity contribution is -0.152. The van der Waals surface area contributed by atoms with E-state index in [1.807, 2.05) is 36.9 Å². The lowest BCUT2D eigenvalue weighted by Gasteiger charge is -2.31. The predicted octanol–water partition coefficient (Wildman–Crippen LogP) is 2.87. The van der Waals surface area contributed by atoms with E-state index in [0.29, 0.717) is 26.1 Å². The number of hydrogen-bond acceptors (Lipinski definition) is 4. The normalized spacial score (nSPS) is 26.5. The van der Waals surface area contributed by atoms with Gasteiger partial charge in [0.2, 0.25) is 5.91 Å². The predicted molar refractivity (Wildman–Crippen MR) is 107 cm³/mol. The Morgan fingerprint density at radius 1 is 1.29 bits per heavy atom. The number of rotatable bonds is 4. The fraction of sp³-hybridized carbons (Fsp3) is 0.500. The fourth-order valence-electron chi connectivity index (χ4n) is 4.68. The van der Waals surface area contributed by atoms with E-state index in [1.54, 1.807) is 0 Å². The summed E-state index contributed by atoms with van der Waals surface area (Å²) < 4.78 is 5.31. The van der Waals surface area contributed by atoms with Crippen LogP contribution in [0.15, 0.2) is 30.4 Å². The fourth-order valence-corrected chi connectivity index (χ4v) is 4.68. The number of esters is 1. The first kappa shape index (κ1) is 18.7. The zero-order valence-corrected chi connectivity index (χ0v) is 16.6. The second-order valence-corrected chi connectivity index (χ2v) is 8.00. The Morgan fingerprint density at radius 2 is 2.11 bits per heavy atom. The van der Waals surface area contributed by atoms with Gasteiger partial charge in [0.25, 0.3) is 0 Å². The van der Waals surface area contributed by atoms with Crippen LogP contribution >= 0.6 is 0 Å². The van der Waals surface area contributed by atoms with Crippen molar-refractivity contribution < 1.29 is 14.3 Å². The number of likely N-dealkylation sites (tertiary alicyclic amines) is 1. The molecule has 0 spiro atoms. The highest BCUT2D eigenvalue weighted by Gasteiger charge is 2.45. The van der Waals surface area contributed by atoms with Crippen molar-refractivity contribution in [1.29, 1.82) is 0 Å². The monoisotopic (exact) mass is 381 g/mol. The van der Waals surface area contributed by atoms with Gasteiger partial charge in [-0.15, -0.1) is 0 Å². The average molecular weight is 381 g/mol. The van der Waals surface area contributed by atoms with Crippen molar-refractivity contribution in [3.8, 4) is 0 Å². The van der Waals surface area contributed by atoms with Crippen LogP contribution in [0.3, 0.4) is 0 Å². The van der Waals surface area contributed by atoms with Crippen LogP contribution < -0.4 is 0 Å². The lowest BCUT2D eigenvalue weighted by Crippen LogP contribution is -2.37. The Labute approximate surface area is 165 Å². The zero-order valence-electron chi connectivity index (χ0n) is 16.6. The van der Waals surface area contributed by atoms with Gasteiger partial charge in [0.05, 0.1) is 30.0 Å². The molecule has 6 nitrogen and oxygen atoms in total. The van der Waals surface area contributed by atoms with Crippen molar-refractivity contribution in [1.82, 2.24) is 14.9 Å². The van der Waals surface area contributed by atoms with Gasteiger partial charge < -0.3 is 14.6 Å². The molecule has 28 heavy (non-hydrogen) atoms. The molecule has 0 radical (unpaired) electrons. The van der Waals surface area contributed by atoms with E-state index in [1.165, 1.54) is 0 Å². The summed E-state index contributed by atoms with van der Waals surface area (Å²) in [5, 5.41) is 0. The third-order valence-corrected chi connectivity index (χ3v) is 6.03. The van der Waals surface area contributed by atoms with E-state index >= 15 is 0 Å². The second-order valence-electron chi connectivity index (χ2n) is 8.00. The van der Waals surface area contributed by atoms with Gasteiger partial charge >= 0.3 is 5.97 Å². The molecule has 1 aromatic heterocycles. The zero-order chi connectivity index (χ0) is 19.8. The Morgan fingerprint density at radius 3 is 2.89 bits per heavy atom. The number of amides is 1. The van der Waals surface area contributed by atoms with Crippen molar-refractivity contribution in [2.24, 2.45) is 23.7 Å². The van der Waals surface area contributed by atoms with Gasteiger partial charge in [-0.1, -0.05) is 25.1 Å². The number of nitrogens with one attached hydrogen (secondary N) is 1. The van der Waals surface area contributed by atoms with Crippen LogP contribution in [-0.4, -0.2) is 46.4 Å². The van der Waals surface area contributed by atoms with Crippen LogP contribution in [0.2, 0.25) is 0 Å². The summed E-state index contributed by atoms with van der Waals surface area (Å²) in [7, 11) is 0. The molecule has 0 unspecified atom stereocenters. The van der Waals surface area contributed by atoms with Crippen molar-refractivity contribution in [3.05, 3.63) is 41.7 Å². The molecule has 2 heterocycles. The van der Waals surface area contributed by atoms with E-state index in [-0.39, 0.29) is 35.5 Å². The molecule has 1 amide bonds. The van der Waals surface area contributed by atoms with Crippen LogP contribution in [0.1, 0.15) is 25.2 Å². The summed E-state index contributed by atoms with van der Waals surface area (Å²) in [6.45, 7) is 7.50. The molecule has 1 saturated heterocycles. The Balaban J connectivity index is 1.47. The molecule has 1 N–H and O–H groups in total. The minimum absolute atomic E-state index is 0.105. The number of aromatic nitrogens is 2. The first-order valence-electron chi connectivity index (χ1n) is 10.0. The van der Waals surface area contributed by atoms with Gasteiger partial charge in [-0.3, -0.25) is 9.59 Å². The van der Waals surface area contributed by atoms with E-state index in [9.17, 15) is 9.59 Å². The summed E-state index contributed by atoms with van der Waals surface area (Å²) in [6, 6.07) is 5.92. The number of imidazole rings is 1. The van der Waals surface area contributed by atoms with Gasteiger partial charge in [-0.2, -0.15) is 0 Å². The molecular weight excluding hydrogens is 354 g/mol. The summed E-state index contributed by atoms with van der Waals surface area (Å²) in [6.07, 6.45) is 4.64. The second kappa shape index (κ2) is 7.41. The first-order valence-corrected chi connectivity index (χ1v) is 10.0. The number of benzene rings is 1. The summed E-state index contributed by atoms with van der Waals surface area (Å²) in [4.78, 5) is 35.0. The minimum Gasteiger partial charge on any atom is -0.466 e. The number of hydrogen-bond donors (Lipinski definition) is 1. The summed E-state index contributed by atoms with van der Waals surface area (Å²) >= 11 is 0. The molecule has 148 valence electrons. The van der Waals surface area contributed by atoms with Crippen molar-refractivity contribution in [2.75, 3.05) is 19.7 Å². The molecular formula is C22H27N3O3. The summed E-state index contributed by atoms with van der Waals surface area (Å²) in [5.41, 5.74) is 2.84. The Hall–Kier alpha value is -2.63. The maximum atomic E-state index is 12.9. The number of allylic oxidation sites excluding steroid dienone is 1. The van der Waals surface area contributed by atoms with Crippen LogP contribution in [0.4, 0.5) is 0 Å². The molecule has 1 aliphatic heterocycles. The molecule has 1 aliphatic carbocycles. The van der Waals surface area contributed by atoms with E-state index in [4.69, 9.17) is 4.74 Å². The number of H-pyrrole nitrogens is 1. The maximum Gasteiger partial charge on any atom is 0.309 e. The number of aryl methyl sites for hydroxylation is 1. The van der Waals surface area contributed by atoms with Gasteiger partial charge in [0.15, 0.2) is 0 Å². The van der Waals surface area contributed by atoms with Gasteiger partial charge in [-0.25, -0.2) is 4.98 Å². The highest BCUT2D eigenvalue weighted by molar-refractivity contribution is 5.82. The molecule has 4 atom stereocenters. The minimum atomic E-state index is -0.169. The molecule has 0 saturated carbocycles. The molecule has 2 aromatic rings. The molecule has 4 rings (SSSR count). The molecule has 0 bridgehead atoms. The molecule has 1 aromatic carbocycles. The molecule has 1 fully saturated rings. The number of nitrogens with zero attached hydrogens (tertiary/aromatic N) is 2. The third-order valence-electron chi connectivity index (χ3n) is 6.03. The van der Waals surface area contributed by atoms with Crippen LogP contribution in [0.5, 0.6) is 0 Å². The van der Waals surface area contributed by atoms with Crippen LogP contribution in [0, 0.1) is 30.6 Å². The maximum absolute atomic E-state index is 12.9. The van der Waals surface area contributed by atoms with Crippen molar-refractivity contribution >= 4 is 22.9 Å². The van der Waals surface area contributed by atoms with Crippen LogP contribution in [0.25, 0.3) is 11.0 Å². The number of ether oxygens (including phenoxy) is 1. The number of aromatic amines is 1. The smallest absolute Gasteiger partial charge is 0.309 e. The first-order chi connectivity index (χ1) is 13.5. The highest BCUT2D eigenvalue weighted by Crippen LogP contribution is 2.40. The van der Waals surface area contributed by atoms with Crippen molar-refractivity contribution in [3.63, 3.8) is 0 Å². The van der Waals surface area contributed by atoms with Gasteiger partial charge in [0.1, 0.15) is 5.82 Å².